The molecule has 1 amide bonds. The molecule has 12 heteroatoms. The zero-order chi connectivity index (χ0) is 23.8. The van der Waals surface area contributed by atoms with Crippen LogP contribution in [0.25, 0.3) is 16.7 Å². The lowest BCUT2D eigenvalue weighted by molar-refractivity contribution is -0.137. The molecule has 0 aliphatic carbocycles. The first-order valence-corrected chi connectivity index (χ1v) is 9.87. The van der Waals surface area contributed by atoms with Gasteiger partial charge < -0.3 is 5.32 Å². The van der Waals surface area contributed by atoms with Gasteiger partial charge in [-0.3, -0.25) is 14.2 Å². The molecule has 0 saturated carbocycles. The van der Waals surface area contributed by atoms with Crippen molar-refractivity contribution in [3.63, 3.8) is 0 Å². The van der Waals surface area contributed by atoms with Crippen LogP contribution >= 0.6 is 11.6 Å². The van der Waals surface area contributed by atoms with E-state index in [4.69, 9.17) is 11.6 Å². The third-order valence-corrected chi connectivity index (χ3v) is 5.10. The predicted molar refractivity (Wildman–Crippen MR) is 113 cm³/mol. The summed E-state index contributed by atoms with van der Waals surface area (Å²) in [4.78, 5) is 29.2. The quantitative estimate of drug-likeness (QED) is 0.430. The number of carbonyl (C=O) groups excluding carboxylic acids is 1. The molecule has 0 atom stereocenters. The maximum Gasteiger partial charge on any atom is 0.416 e. The molecule has 0 spiro atoms. The van der Waals surface area contributed by atoms with Crippen LogP contribution in [-0.2, 0) is 17.5 Å². The first-order valence-electron chi connectivity index (χ1n) is 9.49. The molecule has 0 bridgehead atoms. The number of alkyl halides is 3. The molecule has 170 valence electrons. The number of anilines is 1. The van der Waals surface area contributed by atoms with Crippen molar-refractivity contribution in [2.75, 3.05) is 5.32 Å². The highest BCUT2D eigenvalue weighted by molar-refractivity contribution is 6.33. The Morgan fingerprint density at radius 1 is 1.12 bits per heavy atom. The Labute approximate surface area is 188 Å². The first-order chi connectivity index (χ1) is 15.6. The highest BCUT2D eigenvalue weighted by atomic mass is 35.5. The molecule has 0 unspecified atom stereocenters. The van der Waals surface area contributed by atoms with Crippen molar-refractivity contribution >= 4 is 34.2 Å². The van der Waals surface area contributed by atoms with Crippen LogP contribution in [0.5, 0.6) is 0 Å². The van der Waals surface area contributed by atoms with Gasteiger partial charge in [0.15, 0.2) is 5.65 Å². The minimum Gasteiger partial charge on any atom is -0.325 e. The zero-order valence-corrected chi connectivity index (χ0v) is 17.4. The fraction of sp³-hybridized carbons (Fsp3) is 0.143. The average Bonchev–Trinajstić information content (AvgIpc) is 3.19. The Morgan fingerprint density at radius 2 is 1.85 bits per heavy atom. The Morgan fingerprint density at radius 3 is 2.55 bits per heavy atom. The Balaban J connectivity index is 1.50. The lowest BCUT2D eigenvalue weighted by Crippen LogP contribution is -2.23. The van der Waals surface area contributed by atoms with Crippen LogP contribution < -0.4 is 10.9 Å². The van der Waals surface area contributed by atoms with Crippen molar-refractivity contribution in [1.82, 2.24) is 19.3 Å². The van der Waals surface area contributed by atoms with E-state index >= 15 is 0 Å². The summed E-state index contributed by atoms with van der Waals surface area (Å²) in [5.41, 5.74) is -0.834. The van der Waals surface area contributed by atoms with Gasteiger partial charge in [-0.15, -0.1) is 0 Å². The van der Waals surface area contributed by atoms with Crippen LogP contribution in [-0.4, -0.2) is 25.2 Å². The SMILES string of the molecule is O=C(CCn1cnc2c(cnn2-c2ccc(F)cc2)c1=O)Nc1cc(C(F)(F)F)ccc1Cl. The summed E-state index contributed by atoms with van der Waals surface area (Å²) in [5, 5.41) is 6.58. The van der Waals surface area contributed by atoms with Crippen LogP contribution in [0.15, 0.2) is 59.8 Å². The highest BCUT2D eigenvalue weighted by Gasteiger charge is 2.31. The lowest BCUT2D eigenvalue weighted by atomic mass is 10.2. The molecule has 1 N–H and O–H groups in total. The monoisotopic (exact) mass is 479 g/mol. The van der Waals surface area contributed by atoms with Gasteiger partial charge in [0, 0.05) is 13.0 Å². The van der Waals surface area contributed by atoms with Gasteiger partial charge in [-0.05, 0) is 42.5 Å². The summed E-state index contributed by atoms with van der Waals surface area (Å²) in [6.45, 7) is -0.0775. The molecule has 33 heavy (non-hydrogen) atoms. The van der Waals surface area contributed by atoms with E-state index < -0.39 is 29.0 Å². The molecule has 0 radical (unpaired) electrons. The van der Waals surface area contributed by atoms with E-state index in [9.17, 15) is 27.2 Å². The van der Waals surface area contributed by atoms with E-state index in [1.807, 2.05) is 0 Å². The number of nitrogens with zero attached hydrogens (tertiary/aromatic N) is 4. The maximum absolute atomic E-state index is 13.2. The Hall–Kier alpha value is -3.73. The summed E-state index contributed by atoms with van der Waals surface area (Å²) in [6, 6.07) is 8.06. The Kier molecular flexibility index (Phi) is 5.90. The van der Waals surface area contributed by atoms with E-state index in [0.29, 0.717) is 5.69 Å². The van der Waals surface area contributed by atoms with Crippen LogP contribution in [0.4, 0.5) is 23.2 Å². The van der Waals surface area contributed by atoms with Crippen molar-refractivity contribution in [2.24, 2.45) is 0 Å². The van der Waals surface area contributed by atoms with Gasteiger partial charge in [0.25, 0.3) is 5.56 Å². The number of benzene rings is 2. The first kappa shape index (κ1) is 22.5. The maximum atomic E-state index is 13.2. The minimum absolute atomic E-state index is 0.0511. The Bertz CT molecular complexity index is 1400. The number of fused-ring (bicyclic) bond motifs is 1. The largest absolute Gasteiger partial charge is 0.416 e. The number of nitrogens with one attached hydrogen (secondary N) is 1. The number of rotatable bonds is 5. The van der Waals surface area contributed by atoms with Gasteiger partial charge >= 0.3 is 6.18 Å². The number of halogens is 5. The van der Waals surface area contributed by atoms with E-state index in [-0.39, 0.29) is 34.7 Å². The topological polar surface area (TPSA) is 81.8 Å². The van der Waals surface area contributed by atoms with Gasteiger partial charge in [0.1, 0.15) is 11.2 Å². The molecular weight excluding hydrogens is 466 g/mol. The number of amides is 1. The molecule has 7 nitrogen and oxygen atoms in total. The molecule has 2 aromatic carbocycles. The van der Waals surface area contributed by atoms with Crippen molar-refractivity contribution in [3.05, 3.63) is 81.7 Å². The summed E-state index contributed by atoms with van der Waals surface area (Å²) >= 11 is 5.88. The van der Waals surface area contributed by atoms with E-state index in [2.05, 4.69) is 15.4 Å². The van der Waals surface area contributed by atoms with Crippen molar-refractivity contribution in [2.45, 2.75) is 19.1 Å². The second-order valence-corrected chi connectivity index (χ2v) is 7.41. The van der Waals surface area contributed by atoms with Crippen LogP contribution in [0.3, 0.4) is 0 Å². The number of aromatic nitrogens is 4. The van der Waals surface area contributed by atoms with Crippen LogP contribution in [0.2, 0.25) is 5.02 Å². The minimum atomic E-state index is -4.59. The van der Waals surface area contributed by atoms with Gasteiger partial charge in [-0.2, -0.15) is 18.3 Å². The number of carbonyl (C=O) groups is 1. The zero-order valence-electron chi connectivity index (χ0n) is 16.6. The third kappa shape index (κ3) is 4.72. The second-order valence-electron chi connectivity index (χ2n) is 7.00. The second kappa shape index (κ2) is 8.66. The van der Waals surface area contributed by atoms with E-state index in [1.54, 1.807) is 0 Å². The van der Waals surface area contributed by atoms with Crippen LogP contribution in [0.1, 0.15) is 12.0 Å². The average molecular weight is 480 g/mol. The molecule has 0 aliphatic rings. The number of aryl methyl sites for hydroxylation is 1. The van der Waals surface area contributed by atoms with Crippen molar-refractivity contribution in [1.29, 1.82) is 0 Å². The van der Waals surface area contributed by atoms with Gasteiger partial charge in [0.2, 0.25) is 5.91 Å². The third-order valence-electron chi connectivity index (χ3n) is 4.77. The fourth-order valence-corrected chi connectivity index (χ4v) is 3.28. The molecule has 2 aromatic heterocycles. The van der Waals surface area contributed by atoms with Crippen LogP contribution in [0, 0.1) is 5.82 Å². The van der Waals surface area contributed by atoms with Gasteiger partial charge in [0.05, 0.1) is 34.5 Å². The number of hydrogen-bond acceptors (Lipinski definition) is 4. The number of hydrogen-bond donors (Lipinski definition) is 1. The van der Waals surface area contributed by atoms with Gasteiger partial charge in [-0.25, -0.2) is 14.1 Å². The van der Waals surface area contributed by atoms with E-state index in [1.165, 1.54) is 46.0 Å². The fourth-order valence-electron chi connectivity index (χ4n) is 3.11. The molecule has 4 rings (SSSR count). The predicted octanol–water partition coefficient (Wildman–Crippen LogP) is 4.42. The molecular formula is C21H14ClF4N5O2. The normalized spacial score (nSPS) is 11.7. The molecule has 0 aliphatic heterocycles. The smallest absolute Gasteiger partial charge is 0.325 e. The van der Waals surface area contributed by atoms with Crippen molar-refractivity contribution < 1.29 is 22.4 Å². The standard InChI is InChI=1S/C21H14ClF4N5O2/c22-16-6-1-12(21(24,25)26)9-17(16)29-18(32)7-8-30-11-27-19-15(20(30)33)10-28-31(19)14-4-2-13(23)3-5-14/h1-6,9-11H,7-8H2,(H,29,32). The molecule has 2 heterocycles. The summed E-state index contributed by atoms with van der Waals surface area (Å²) in [5.74, 6) is -1.06. The van der Waals surface area contributed by atoms with Gasteiger partial charge in [-0.1, -0.05) is 11.6 Å². The van der Waals surface area contributed by atoms with E-state index in [0.717, 1.165) is 18.2 Å². The summed E-state index contributed by atoms with van der Waals surface area (Å²) < 4.78 is 54.4. The van der Waals surface area contributed by atoms with Crippen molar-refractivity contribution in [3.8, 4) is 5.69 Å². The summed E-state index contributed by atoms with van der Waals surface area (Å²) in [6.07, 6.45) is -2.26. The summed E-state index contributed by atoms with van der Waals surface area (Å²) in [7, 11) is 0. The lowest BCUT2D eigenvalue weighted by Gasteiger charge is -2.12. The highest BCUT2D eigenvalue weighted by Crippen LogP contribution is 2.33. The molecule has 0 saturated heterocycles. The molecule has 0 fully saturated rings. The molecule has 4 aromatic rings.